The maximum absolute atomic E-state index is 12.9. The summed E-state index contributed by atoms with van der Waals surface area (Å²) in [6.45, 7) is 6.36. The molecule has 26 heavy (non-hydrogen) atoms. The number of rotatable bonds is 4. The van der Waals surface area contributed by atoms with Crippen LogP contribution in [-0.2, 0) is 11.3 Å². The third kappa shape index (κ3) is 3.81. The van der Waals surface area contributed by atoms with Gasteiger partial charge in [0.25, 0.3) is 5.91 Å². The van der Waals surface area contributed by atoms with Gasteiger partial charge in [-0.25, -0.2) is 0 Å². The normalized spacial score (nSPS) is 24.0. The lowest BCUT2D eigenvalue weighted by Crippen LogP contribution is -2.47. The molecular weight excluding hydrogens is 332 g/mol. The van der Waals surface area contributed by atoms with Crippen molar-refractivity contribution >= 4 is 5.91 Å². The van der Waals surface area contributed by atoms with Gasteiger partial charge in [0.05, 0.1) is 31.5 Å². The largest absolute Gasteiger partial charge is 0.373 e. The van der Waals surface area contributed by atoms with E-state index < -0.39 is 0 Å². The molecule has 0 spiro atoms. The number of nitrogens with zero attached hydrogens (tertiary/aromatic N) is 5. The lowest BCUT2D eigenvalue weighted by atomic mass is 10.1. The fourth-order valence-corrected chi connectivity index (χ4v) is 3.67. The van der Waals surface area contributed by atoms with Crippen LogP contribution in [0.15, 0.2) is 24.7 Å². The molecule has 2 fully saturated rings. The zero-order chi connectivity index (χ0) is 17.9. The van der Waals surface area contributed by atoms with Crippen molar-refractivity contribution in [2.75, 3.05) is 32.8 Å². The Morgan fingerprint density at radius 1 is 1.46 bits per heavy atom. The Morgan fingerprint density at radius 2 is 2.38 bits per heavy atom. The maximum Gasteiger partial charge on any atom is 0.274 e. The zero-order valence-corrected chi connectivity index (χ0v) is 15.2. The molecule has 140 valence electrons. The summed E-state index contributed by atoms with van der Waals surface area (Å²) in [5.41, 5.74) is 1.64. The zero-order valence-electron chi connectivity index (χ0n) is 15.2. The van der Waals surface area contributed by atoms with Crippen LogP contribution in [0, 0.1) is 6.92 Å². The van der Waals surface area contributed by atoms with Crippen molar-refractivity contribution in [1.82, 2.24) is 29.8 Å². The van der Waals surface area contributed by atoms with E-state index in [9.17, 15) is 4.79 Å². The van der Waals surface area contributed by atoms with Gasteiger partial charge in [0.2, 0.25) is 0 Å². The molecule has 0 bridgehead atoms. The van der Waals surface area contributed by atoms with Crippen molar-refractivity contribution in [3.63, 3.8) is 0 Å². The number of hydrogen-bond acceptors (Lipinski definition) is 5. The molecule has 2 aromatic rings. The third-order valence-electron chi connectivity index (χ3n) is 5.05. The van der Waals surface area contributed by atoms with Gasteiger partial charge in [-0.1, -0.05) is 0 Å². The second-order valence-electron chi connectivity index (χ2n) is 7.16. The standard InChI is InChI=1S/C18H26N6O2/c1-14-9-20-23(11-14)13-16-12-22(7-8-26-16)18(25)17-4-6-24(21-17)15-3-2-5-19-10-15/h4,6,9,11,15-16,19H,2-3,5,7-8,10,12-13H2,1H3. The SMILES string of the molecule is Cc1cnn(CC2CN(C(=O)c3ccn(C4CCCNC4)n3)CCO2)c1. The Hall–Kier alpha value is -2.19. The van der Waals surface area contributed by atoms with Crippen molar-refractivity contribution in [3.8, 4) is 0 Å². The monoisotopic (exact) mass is 358 g/mol. The molecule has 0 aromatic carbocycles. The Bertz CT molecular complexity index is 748. The molecule has 2 unspecified atom stereocenters. The number of piperidine rings is 1. The molecule has 0 radical (unpaired) electrons. The van der Waals surface area contributed by atoms with Gasteiger partial charge in [0, 0.05) is 32.0 Å². The smallest absolute Gasteiger partial charge is 0.274 e. The topological polar surface area (TPSA) is 77.2 Å². The molecule has 2 atom stereocenters. The molecule has 0 saturated carbocycles. The summed E-state index contributed by atoms with van der Waals surface area (Å²) in [5, 5.41) is 12.2. The van der Waals surface area contributed by atoms with E-state index in [4.69, 9.17) is 4.74 Å². The summed E-state index contributed by atoms with van der Waals surface area (Å²) < 4.78 is 9.63. The Balaban J connectivity index is 1.38. The molecule has 4 rings (SSSR count). The first-order valence-corrected chi connectivity index (χ1v) is 9.35. The van der Waals surface area contributed by atoms with Gasteiger partial charge in [-0.2, -0.15) is 10.2 Å². The minimum absolute atomic E-state index is 0.0162. The highest BCUT2D eigenvalue weighted by Crippen LogP contribution is 2.17. The van der Waals surface area contributed by atoms with E-state index in [1.807, 2.05) is 45.8 Å². The van der Waals surface area contributed by atoms with Crippen LogP contribution in [0.1, 0.15) is 34.9 Å². The molecule has 1 N–H and O–H groups in total. The summed E-state index contributed by atoms with van der Waals surface area (Å²) in [7, 11) is 0. The lowest BCUT2D eigenvalue weighted by Gasteiger charge is -2.32. The molecule has 2 saturated heterocycles. The fraction of sp³-hybridized carbons (Fsp3) is 0.611. The Labute approximate surface area is 153 Å². The van der Waals surface area contributed by atoms with Gasteiger partial charge in [-0.3, -0.25) is 14.2 Å². The third-order valence-corrected chi connectivity index (χ3v) is 5.05. The lowest BCUT2D eigenvalue weighted by molar-refractivity contribution is -0.0302. The minimum atomic E-state index is -0.0448. The first kappa shape index (κ1) is 17.2. The van der Waals surface area contributed by atoms with Gasteiger partial charge in [0.15, 0.2) is 0 Å². The molecule has 2 aliphatic heterocycles. The second-order valence-corrected chi connectivity index (χ2v) is 7.16. The average molecular weight is 358 g/mol. The summed E-state index contributed by atoms with van der Waals surface area (Å²) in [4.78, 5) is 14.7. The summed E-state index contributed by atoms with van der Waals surface area (Å²) in [5.74, 6) is -0.0162. The number of morpholine rings is 1. The van der Waals surface area contributed by atoms with E-state index in [1.165, 1.54) is 0 Å². The van der Waals surface area contributed by atoms with E-state index in [-0.39, 0.29) is 12.0 Å². The number of carbonyl (C=O) groups is 1. The van der Waals surface area contributed by atoms with Crippen LogP contribution >= 0.6 is 0 Å². The predicted octanol–water partition coefficient (Wildman–Crippen LogP) is 0.854. The molecule has 8 heteroatoms. The highest BCUT2D eigenvalue weighted by molar-refractivity contribution is 5.92. The molecule has 0 aliphatic carbocycles. The van der Waals surface area contributed by atoms with E-state index in [1.54, 1.807) is 0 Å². The molecule has 2 aromatic heterocycles. The van der Waals surface area contributed by atoms with E-state index in [0.717, 1.165) is 31.5 Å². The molecule has 4 heterocycles. The number of aromatic nitrogens is 4. The van der Waals surface area contributed by atoms with Crippen molar-refractivity contribution in [1.29, 1.82) is 0 Å². The van der Waals surface area contributed by atoms with Crippen molar-refractivity contribution in [3.05, 3.63) is 35.9 Å². The van der Waals surface area contributed by atoms with E-state index in [0.29, 0.717) is 38.0 Å². The summed E-state index contributed by atoms with van der Waals surface area (Å²) >= 11 is 0. The van der Waals surface area contributed by atoms with Crippen LogP contribution in [0.4, 0.5) is 0 Å². The van der Waals surface area contributed by atoms with Gasteiger partial charge >= 0.3 is 0 Å². The highest BCUT2D eigenvalue weighted by atomic mass is 16.5. The van der Waals surface area contributed by atoms with Crippen LogP contribution in [0.5, 0.6) is 0 Å². The van der Waals surface area contributed by atoms with E-state index in [2.05, 4.69) is 15.5 Å². The summed E-state index contributed by atoms with van der Waals surface area (Å²) in [6, 6.07) is 2.17. The van der Waals surface area contributed by atoms with Crippen LogP contribution in [0.3, 0.4) is 0 Å². The molecule has 8 nitrogen and oxygen atoms in total. The first-order chi connectivity index (χ1) is 12.7. The van der Waals surface area contributed by atoms with E-state index >= 15 is 0 Å². The first-order valence-electron chi connectivity index (χ1n) is 9.35. The number of hydrogen-bond donors (Lipinski definition) is 1. The van der Waals surface area contributed by atoms with Crippen LogP contribution < -0.4 is 5.32 Å². The molecular formula is C18H26N6O2. The molecule has 1 amide bonds. The van der Waals surface area contributed by atoms with Crippen LogP contribution in [0.25, 0.3) is 0 Å². The number of amides is 1. The Morgan fingerprint density at radius 3 is 3.15 bits per heavy atom. The van der Waals surface area contributed by atoms with Crippen LogP contribution in [0.2, 0.25) is 0 Å². The van der Waals surface area contributed by atoms with Gasteiger partial charge in [-0.05, 0) is 37.9 Å². The number of nitrogens with one attached hydrogen (secondary N) is 1. The quantitative estimate of drug-likeness (QED) is 0.877. The van der Waals surface area contributed by atoms with Crippen LogP contribution in [-0.4, -0.2) is 69.3 Å². The van der Waals surface area contributed by atoms with Gasteiger partial charge in [-0.15, -0.1) is 0 Å². The second kappa shape index (κ2) is 7.59. The number of carbonyl (C=O) groups excluding carboxylic acids is 1. The Kier molecular flexibility index (Phi) is 5.03. The van der Waals surface area contributed by atoms with Crippen molar-refractivity contribution in [2.45, 2.75) is 38.5 Å². The highest BCUT2D eigenvalue weighted by Gasteiger charge is 2.27. The summed E-state index contributed by atoms with van der Waals surface area (Å²) in [6.07, 6.45) is 7.95. The fourth-order valence-electron chi connectivity index (χ4n) is 3.67. The average Bonchev–Trinajstić information content (AvgIpc) is 3.31. The minimum Gasteiger partial charge on any atom is -0.373 e. The molecule has 2 aliphatic rings. The van der Waals surface area contributed by atoms with Gasteiger partial charge in [0.1, 0.15) is 5.69 Å². The van der Waals surface area contributed by atoms with Gasteiger partial charge < -0.3 is 15.0 Å². The van der Waals surface area contributed by atoms with Crippen molar-refractivity contribution < 1.29 is 9.53 Å². The predicted molar refractivity (Wildman–Crippen MR) is 96.0 cm³/mol. The maximum atomic E-state index is 12.9. The van der Waals surface area contributed by atoms with Crippen molar-refractivity contribution in [2.24, 2.45) is 0 Å². The number of ether oxygens (including phenoxy) is 1. The number of aryl methyl sites for hydroxylation is 1.